The highest BCUT2D eigenvalue weighted by atomic mass is 16.4. The van der Waals surface area contributed by atoms with Crippen LogP contribution < -0.4 is 5.56 Å². The molecule has 21 heavy (non-hydrogen) atoms. The summed E-state index contributed by atoms with van der Waals surface area (Å²) in [5, 5.41) is 9.48. The summed E-state index contributed by atoms with van der Waals surface area (Å²) in [5.41, 5.74) is 0.737. The van der Waals surface area contributed by atoms with Gasteiger partial charge in [-0.25, -0.2) is 4.98 Å². The van der Waals surface area contributed by atoms with Crippen LogP contribution in [0.5, 0.6) is 0 Å². The van der Waals surface area contributed by atoms with E-state index in [-0.39, 0.29) is 23.8 Å². The van der Waals surface area contributed by atoms with Gasteiger partial charge in [-0.1, -0.05) is 19.1 Å². The maximum absolute atomic E-state index is 12.7. The first-order valence-corrected chi connectivity index (χ1v) is 7.19. The summed E-state index contributed by atoms with van der Waals surface area (Å²) >= 11 is 0. The third kappa shape index (κ3) is 2.82. The second kappa shape index (κ2) is 4.98. The van der Waals surface area contributed by atoms with Crippen LogP contribution in [-0.4, -0.2) is 20.6 Å². The summed E-state index contributed by atoms with van der Waals surface area (Å²) in [7, 11) is 0. The smallest absolute Gasteiger partial charge is 0.303 e. The van der Waals surface area contributed by atoms with Gasteiger partial charge in [-0.15, -0.1) is 0 Å². The van der Waals surface area contributed by atoms with E-state index >= 15 is 0 Å². The topological polar surface area (TPSA) is 72.2 Å². The van der Waals surface area contributed by atoms with E-state index in [0.29, 0.717) is 23.3 Å². The van der Waals surface area contributed by atoms with Crippen molar-refractivity contribution in [1.82, 2.24) is 9.55 Å². The molecule has 0 saturated heterocycles. The van der Waals surface area contributed by atoms with Crippen LogP contribution in [0.3, 0.4) is 0 Å². The van der Waals surface area contributed by atoms with Gasteiger partial charge >= 0.3 is 5.97 Å². The Labute approximate surface area is 122 Å². The zero-order chi connectivity index (χ0) is 15.0. The van der Waals surface area contributed by atoms with Crippen molar-refractivity contribution in [3.63, 3.8) is 0 Å². The molecular weight excluding hydrogens is 268 g/mol. The summed E-state index contributed by atoms with van der Waals surface area (Å²) in [6, 6.07) is 7.23. The molecule has 110 valence electrons. The third-order valence-electron chi connectivity index (χ3n) is 4.15. The van der Waals surface area contributed by atoms with Gasteiger partial charge < -0.3 is 5.11 Å². The number of rotatable bonds is 5. The molecule has 5 heteroatoms. The Hall–Kier alpha value is -2.17. The van der Waals surface area contributed by atoms with E-state index in [4.69, 9.17) is 5.11 Å². The number of aliphatic carboxylic acids is 1. The molecule has 0 unspecified atom stereocenters. The molecule has 0 atom stereocenters. The summed E-state index contributed by atoms with van der Waals surface area (Å²) in [6.45, 7) is 2.77. The standard InChI is InChI=1S/C16H18N2O3/c1-16(8-9-16)10-18-13(6-7-14(19)20)17-12-5-3-2-4-11(12)15(18)21/h2-5H,6-10H2,1H3,(H,19,20). The van der Waals surface area contributed by atoms with Crippen LogP contribution in [0.4, 0.5) is 0 Å². The zero-order valence-corrected chi connectivity index (χ0v) is 12.0. The van der Waals surface area contributed by atoms with Crippen LogP contribution in [0.15, 0.2) is 29.1 Å². The maximum atomic E-state index is 12.7. The van der Waals surface area contributed by atoms with Crippen molar-refractivity contribution in [2.45, 2.75) is 39.2 Å². The van der Waals surface area contributed by atoms with Gasteiger partial charge in [0.25, 0.3) is 5.56 Å². The van der Waals surface area contributed by atoms with Crippen molar-refractivity contribution in [3.8, 4) is 0 Å². The number of carbonyl (C=O) groups is 1. The molecule has 1 saturated carbocycles. The lowest BCUT2D eigenvalue weighted by molar-refractivity contribution is -0.137. The molecule has 1 N–H and O–H groups in total. The van der Waals surface area contributed by atoms with Crippen LogP contribution in [0, 0.1) is 5.41 Å². The molecule has 0 aliphatic heterocycles. The molecule has 1 aliphatic carbocycles. The monoisotopic (exact) mass is 286 g/mol. The van der Waals surface area contributed by atoms with Gasteiger partial charge in [-0.05, 0) is 30.4 Å². The van der Waals surface area contributed by atoms with Crippen molar-refractivity contribution in [3.05, 3.63) is 40.4 Å². The Balaban J connectivity index is 2.10. The lowest BCUT2D eigenvalue weighted by Crippen LogP contribution is -2.28. The Morgan fingerprint density at radius 3 is 2.76 bits per heavy atom. The number of benzene rings is 1. The fourth-order valence-corrected chi connectivity index (χ4v) is 2.54. The first kappa shape index (κ1) is 13.8. The molecule has 5 nitrogen and oxygen atoms in total. The lowest BCUT2D eigenvalue weighted by atomic mass is 10.1. The minimum absolute atomic E-state index is 0.0124. The first-order chi connectivity index (χ1) is 9.98. The molecule has 0 spiro atoms. The highest BCUT2D eigenvalue weighted by molar-refractivity contribution is 5.77. The van der Waals surface area contributed by atoms with Gasteiger partial charge in [0.1, 0.15) is 5.82 Å². The molecule has 0 bridgehead atoms. The minimum atomic E-state index is -0.874. The predicted octanol–water partition coefficient (Wildman–Crippen LogP) is 2.21. The summed E-state index contributed by atoms with van der Waals surface area (Å²) in [4.78, 5) is 28.0. The lowest BCUT2D eigenvalue weighted by Gasteiger charge is -2.16. The fourth-order valence-electron chi connectivity index (χ4n) is 2.54. The number of carboxylic acid groups (broad SMARTS) is 1. The van der Waals surface area contributed by atoms with Crippen LogP contribution >= 0.6 is 0 Å². The molecule has 0 radical (unpaired) electrons. The summed E-state index contributed by atoms with van der Waals surface area (Å²) < 4.78 is 1.68. The summed E-state index contributed by atoms with van der Waals surface area (Å²) in [6.07, 6.45) is 2.47. The summed E-state index contributed by atoms with van der Waals surface area (Å²) in [5.74, 6) is -0.296. The first-order valence-electron chi connectivity index (χ1n) is 7.19. The van der Waals surface area contributed by atoms with Crippen LogP contribution in [0.2, 0.25) is 0 Å². The van der Waals surface area contributed by atoms with Gasteiger partial charge in [-0.3, -0.25) is 14.2 Å². The fraction of sp³-hybridized carbons (Fsp3) is 0.438. The number of fused-ring (bicyclic) bond motifs is 1. The largest absolute Gasteiger partial charge is 0.481 e. The molecule has 1 aromatic carbocycles. The predicted molar refractivity (Wildman–Crippen MR) is 79.3 cm³/mol. The van der Waals surface area contributed by atoms with Crippen LogP contribution in [0.1, 0.15) is 32.0 Å². The molecule has 1 fully saturated rings. The number of aromatic nitrogens is 2. The van der Waals surface area contributed by atoms with Crippen molar-refractivity contribution in [2.24, 2.45) is 5.41 Å². The van der Waals surface area contributed by atoms with Gasteiger partial charge in [-0.2, -0.15) is 0 Å². The van der Waals surface area contributed by atoms with Gasteiger partial charge in [0.2, 0.25) is 0 Å². The second-order valence-corrected chi connectivity index (χ2v) is 6.14. The second-order valence-electron chi connectivity index (χ2n) is 6.14. The van der Waals surface area contributed by atoms with E-state index in [0.717, 1.165) is 12.8 Å². The van der Waals surface area contributed by atoms with Gasteiger partial charge in [0, 0.05) is 13.0 Å². The Bertz CT molecular complexity index is 760. The van der Waals surface area contributed by atoms with Crippen LogP contribution in [0.25, 0.3) is 10.9 Å². The van der Waals surface area contributed by atoms with Crippen molar-refractivity contribution < 1.29 is 9.90 Å². The molecule has 2 aromatic rings. The van der Waals surface area contributed by atoms with Crippen LogP contribution in [-0.2, 0) is 17.8 Å². The number of hydrogen-bond donors (Lipinski definition) is 1. The highest BCUT2D eigenvalue weighted by Crippen LogP contribution is 2.46. The Kier molecular flexibility index (Phi) is 3.27. The van der Waals surface area contributed by atoms with Crippen molar-refractivity contribution in [1.29, 1.82) is 0 Å². The Morgan fingerprint density at radius 2 is 2.10 bits per heavy atom. The minimum Gasteiger partial charge on any atom is -0.481 e. The molecule has 1 aliphatic rings. The van der Waals surface area contributed by atoms with Gasteiger partial charge in [0.15, 0.2) is 0 Å². The van der Waals surface area contributed by atoms with Crippen molar-refractivity contribution >= 4 is 16.9 Å². The average molecular weight is 286 g/mol. The van der Waals surface area contributed by atoms with E-state index in [1.165, 1.54) is 0 Å². The molecule has 1 aromatic heterocycles. The quantitative estimate of drug-likeness (QED) is 0.914. The third-order valence-corrected chi connectivity index (χ3v) is 4.15. The molecule has 1 heterocycles. The highest BCUT2D eigenvalue weighted by Gasteiger charge is 2.38. The molecular formula is C16H18N2O3. The number of para-hydroxylation sites is 1. The number of aryl methyl sites for hydroxylation is 1. The number of hydrogen-bond acceptors (Lipinski definition) is 3. The van der Waals surface area contributed by atoms with E-state index in [1.807, 2.05) is 12.1 Å². The van der Waals surface area contributed by atoms with E-state index in [1.54, 1.807) is 16.7 Å². The zero-order valence-electron chi connectivity index (χ0n) is 12.0. The van der Waals surface area contributed by atoms with E-state index in [2.05, 4.69) is 11.9 Å². The Morgan fingerprint density at radius 1 is 1.38 bits per heavy atom. The van der Waals surface area contributed by atoms with E-state index < -0.39 is 5.97 Å². The average Bonchev–Trinajstić information content (AvgIpc) is 3.18. The SMILES string of the molecule is CC1(Cn2c(CCC(=O)O)nc3ccccc3c2=O)CC1. The van der Waals surface area contributed by atoms with Gasteiger partial charge in [0.05, 0.1) is 17.3 Å². The van der Waals surface area contributed by atoms with E-state index in [9.17, 15) is 9.59 Å². The maximum Gasteiger partial charge on any atom is 0.303 e. The molecule has 0 amide bonds. The normalized spacial score (nSPS) is 16.0. The number of nitrogens with zero attached hydrogens (tertiary/aromatic N) is 2. The number of carboxylic acids is 1. The molecule has 3 rings (SSSR count). The van der Waals surface area contributed by atoms with Crippen molar-refractivity contribution in [2.75, 3.05) is 0 Å².